The van der Waals surface area contributed by atoms with Crippen LogP contribution in [0, 0.1) is 3.57 Å². The molecule has 0 amide bonds. The van der Waals surface area contributed by atoms with Gasteiger partial charge in [0.05, 0.1) is 9.85 Å². The van der Waals surface area contributed by atoms with Gasteiger partial charge in [-0.15, -0.1) is 0 Å². The molecule has 0 radical (unpaired) electrons. The first kappa shape index (κ1) is 13.7. The fourth-order valence-corrected chi connectivity index (χ4v) is 2.73. The molecule has 0 heterocycles. The molecule has 1 atom stereocenters. The predicted octanol–water partition coefficient (Wildman–Crippen LogP) is 6.08. The van der Waals surface area contributed by atoms with E-state index in [2.05, 4.69) is 44.6 Å². The highest BCUT2D eigenvalue weighted by atomic mass is 127. The van der Waals surface area contributed by atoms with Gasteiger partial charge >= 0.3 is 0 Å². The molecule has 17 heavy (non-hydrogen) atoms. The fourth-order valence-electron chi connectivity index (χ4n) is 1.49. The molecular weight excluding hydrogens is 434 g/mol. The summed E-state index contributed by atoms with van der Waals surface area (Å²) in [7, 11) is 0. The van der Waals surface area contributed by atoms with Crippen molar-refractivity contribution in [3.8, 4) is 0 Å². The van der Waals surface area contributed by atoms with Crippen molar-refractivity contribution in [2.24, 2.45) is 0 Å². The number of rotatable bonds is 2. The maximum atomic E-state index is 6.12. The Balaban J connectivity index is 2.33. The molecule has 1 unspecified atom stereocenters. The van der Waals surface area contributed by atoms with Gasteiger partial charge in [-0.3, -0.25) is 0 Å². The number of hydrogen-bond donors (Lipinski definition) is 0. The van der Waals surface area contributed by atoms with Gasteiger partial charge in [0.25, 0.3) is 0 Å². The normalized spacial score (nSPS) is 12.5. The third-order valence-electron chi connectivity index (χ3n) is 2.40. The number of hydrogen-bond acceptors (Lipinski definition) is 0. The van der Waals surface area contributed by atoms with Gasteiger partial charge in [0.2, 0.25) is 0 Å². The molecule has 4 heteroatoms. The summed E-state index contributed by atoms with van der Waals surface area (Å²) < 4.78 is 1.06. The first-order valence-corrected chi connectivity index (χ1v) is 7.67. The van der Waals surface area contributed by atoms with E-state index in [0.29, 0.717) is 0 Å². The van der Waals surface area contributed by atoms with Gasteiger partial charge in [-0.05, 0) is 58.0 Å². The van der Waals surface area contributed by atoms with Crippen molar-refractivity contribution in [2.45, 2.75) is 4.83 Å². The van der Waals surface area contributed by atoms with Gasteiger partial charge in [0.1, 0.15) is 0 Å². The zero-order valence-electron chi connectivity index (χ0n) is 8.63. The highest BCUT2D eigenvalue weighted by Crippen LogP contribution is 2.33. The zero-order valence-corrected chi connectivity index (χ0v) is 13.9. The fraction of sp³-hybridized carbons (Fsp3) is 0.0769. The van der Waals surface area contributed by atoms with Gasteiger partial charge in [-0.1, -0.05) is 57.3 Å². The van der Waals surface area contributed by atoms with Gasteiger partial charge in [0.15, 0.2) is 0 Å². The van der Waals surface area contributed by atoms with Crippen LogP contribution in [0.4, 0.5) is 0 Å². The number of alkyl halides is 1. The molecule has 0 spiro atoms. The SMILES string of the molecule is Clc1ccc(C(Br)c2ccc(I)c(Cl)c2)cc1. The minimum Gasteiger partial charge on any atom is -0.0843 e. The molecule has 0 aliphatic heterocycles. The largest absolute Gasteiger partial charge is 0.0843 e. The lowest BCUT2D eigenvalue weighted by atomic mass is 10.1. The third-order valence-corrected chi connectivity index (χ3v) is 5.28. The summed E-state index contributed by atoms with van der Waals surface area (Å²) in [6, 6.07) is 13.9. The number of halogens is 4. The van der Waals surface area contributed by atoms with Gasteiger partial charge in [-0.2, -0.15) is 0 Å². The summed E-state index contributed by atoms with van der Waals surface area (Å²) in [4.78, 5) is 0.134. The molecule has 2 rings (SSSR count). The topological polar surface area (TPSA) is 0 Å². The molecule has 0 fully saturated rings. The third kappa shape index (κ3) is 3.37. The monoisotopic (exact) mass is 440 g/mol. The second-order valence-corrected chi connectivity index (χ2v) is 6.51. The summed E-state index contributed by atoms with van der Waals surface area (Å²) in [6.45, 7) is 0. The van der Waals surface area contributed by atoms with Crippen molar-refractivity contribution in [1.82, 2.24) is 0 Å². The Hall–Kier alpha value is 0.230. The van der Waals surface area contributed by atoms with Crippen molar-refractivity contribution in [2.75, 3.05) is 0 Å². The highest BCUT2D eigenvalue weighted by Gasteiger charge is 2.11. The van der Waals surface area contributed by atoms with Crippen LogP contribution in [-0.4, -0.2) is 0 Å². The standard InChI is InChI=1S/C13H8BrCl2I/c14-13(8-1-4-10(15)5-2-8)9-3-6-12(17)11(16)7-9/h1-7,13H. The van der Waals surface area contributed by atoms with E-state index >= 15 is 0 Å². The second kappa shape index (κ2) is 5.91. The van der Waals surface area contributed by atoms with Crippen molar-refractivity contribution < 1.29 is 0 Å². The lowest BCUT2D eigenvalue weighted by Gasteiger charge is -2.11. The van der Waals surface area contributed by atoms with Crippen molar-refractivity contribution >= 4 is 61.7 Å². The molecular formula is C13H8BrCl2I. The second-order valence-electron chi connectivity index (χ2n) is 3.59. The minimum atomic E-state index is 0.134. The van der Waals surface area contributed by atoms with Crippen LogP contribution in [0.15, 0.2) is 42.5 Å². The zero-order chi connectivity index (χ0) is 12.4. The summed E-state index contributed by atoms with van der Waals surface area (Å²) in [6.07, 6.45) is 0. The molecule has 0 saturated carbocycles. The maximum Gasteiger partial charge on any atom is 0.0645 e. The lowest BCUT2D eigenvalue weighted by molar-refractivity contribution is 1.18. The van der Waals surface area contributed by atoms with Gasteiger partial charge in [-0.25, -0.2) is 0 Å². The Morgan fingerprint density at radius 2 is 1.53 bits per heavy atom. The van der Waals surface area contributed by atoms with E-state index < -0.39 is 0 Å². The molecule has 0 N–H and O–H groups in total. The molecule has 0 aliphatic rings. The Kier molecular flexibility index (Phi) is 4.75. The van der Waals surface area contributed by atoms with Crippen molar-refractivity contribution in [3.63, 3.8) is 0 Å². The molecule has 0 aliphatic carbocycles. The summed E-state index contributed by atoms with van der Waals surface area (Å²) in [5, 5.41) is 1.52. The molecule has 0 nitrogen and oxygen atoms in total. The van der Waals surface area contributed by atoms with E-state index in [1.165, 1.54) is 0 Å². The van der Waals surface area contributed by atoms with E-state index in [9.17, 15) is 0 Å². The average Bonchev–Trinajstić information content (AvgIpc) is 2.33. The molecule has 2 aromatic carbocycles. The summed E-state index contributed by atoms with van der Waals surface area (Å²) in [5.74, 6) is 0. The van der Waals surface area contributed by atoms with E-state index in [4.69, 9.17) is 23.2 Å². The smallest absolute Gasteiger partial charge is 0.0645 e. The summed E-state index contributed by atoms with van der Waals surface area (Å²) >= 11 is 17.9. The van der Waals surface area contributed by atoms with Gasteiger partial charge < -0.3 is 0 Å². The Labute approximate surface area is 133 Å². The molecule has 0 saturated heterocycles. The van der Waals surface area contributed by atoms with E-state index in [1.54, 1.807) is 0 Å². The Bertz CT molecular complexity index is 525. The van der Waals surface area contributed by atoms with Crippen LogP contribution >= 0.6 is 61.7 Å². The molecule has 0 bridgehead atoms. The average molecular weight is 442 g/mol. The van der Waals surface area contributed by atoms with Crippen LogP contribution in [-0.2, 0) is 0 Å². The van der Waals surface area contributed by atoms with Gasteiger partial charge in [0, 0.05) is 8.59 Å². The number of benzene rings is 2. The molecule has 0 aromatic heterocycles. The highest BCUT2D eigenvalue weighted by molar-refractivity contribution is 14.1. The first-order chi connectivity index (χ1) is 8.08. The van der Waals surface area contributed by atoms with Crippen molar-refractivity contribution in [1.29, 1.82) is 0 Å². The van der Waals surface area contributed by atoms with E-state index in [0.717, 1.165) is 24.7 Å². The van der Waals surface area contributed by atoms with E-state index in [-0.39, 0.29) is 4.83 Å². The van der Waals surface area contributed by atoms with Crippen molar-refractivity contribution in [3.05, 3.63) is 67.2 Å². The Morgan fingerprint density at radius 3 is 2.12 bits per heavy atom. The van der Waals surface area contributed by atoms with Crippen LogP contribution in [0.1, 0.15) is 16.0 Å². The first-order valence-electron chi connectivity index (χ1n) is 4.92. The maximum absolute atomic E-state index is 6.12. The predicted molar refractivity (Wildman–Crippen MR) is 86.4 cm³/mol. The van der Waals surface area contributed by atoms with Crippen LogP contribution in [0.5, 0.6) is 0 Å². The van der Waals surface area contributed by atoms with Crippen LogP contribution in [0.25, 0.3) is 0 Å². The summed E-state index contributed by atoms with van der Waals surface area (Å²) in [5.41, 5.74) is 2.30. The molecule has 88 valence electrons. The van der Waals surface area contributed by atoms with Crippen LogP contribution in [0.3, 0.4) is 0 Å². The van der Waals surface area contributed by atoms with Crippen LogP contribution in [0.2, 0.25) is 10.0 Å². The lowest BCUT2D eigenvalue weighted by Crippen LogP contribution is -1.93. The Morgan fingerprint density at radius 1 is 0.941 bits per heavy atom. The minimum absolute atomic E-state index is 0.134. The van der Waals surface area contributed by atoms with E-state index in [1.807, 2.05) is 36.4 Å². The quantitative estimate of drug-likeness (QED) is 0.391. The van der Waals surface area contributed by atoms with Crippen LogP contribution < -0.4 is 0 Å². The molecule has 2 aromatic rings.